The second-order valence-electron chi connectivity index (χ2n) is 4.52. The Morgan fingerprint density at radius 3 is 2.56 bits per heavy atom. The molecule has 1 aliphatic carbocycles. The molecule has 2 rings (SSSR count). The second-order valence-corrected chi connectivity index (χ2v) is 4.52. The minimum Gasteiger partial charge on any atom is -0.297 e. The van der Waals surface area contributed by atoms with Gasteiger partial charge in [-0.15, -0.1) is 6.42 Å². The van der Waals surface area contributed by atoms with Crippen LogP contribution in [0.5, 0.6) is 0 Å². The maximum atomic E-state index is 5.52. The SMILES string of the molecule is C#CC(CC)NC(c1ccccc1)C1CC1. The van der Waals surface area contributed by atoms with Crippen LogP contribution < -0.4 is 5.32 Å². The molecule has 16 heavy (non-hydrogen) atoms. The van der Waals surface area contributed by atoms with Crippen molar-refractivity contribution in [2.45, 2.75) is 38.3 Å². The Morgan fingerprint density at radius 2 is 2.06 bits per heavy atom. The fraction of sp³-hybridized carbons (Fsp3) is 0.467. The van der Waals surface area contributed by atoms with Crippen molar-refractivity contribution in [3.63, 3.8) is 0 Å². The quantitative estimate of drug-likeness (QED) is 0.741. The van der Waals surface area contributed by atoms with Crippen LogP contribution in [0.15, 0.2) is 30.3 Å². The van der Waals surface area contributed by atoms with E-state index in [2.05, 4.69) is 48.5 Å². The Labute approximate surface area is 98.3 Å². The molecule has 0 radical (unpaired) electrons. The number of nitrogens with one attached hydrogen (secondary N) is 1. The van der Waals surface area contributed by atoms with E-state index in [9.17, 15) is 0 Å². The maximum Gasteiger partial charge on any atom is 0.0689 e. The first-order chi connectivity index (χ1) is 7.85. The summed E-state index contributed by atoms with van der Waals surface area (Å²) in [4.78, 5) is 0. The van der Waals surface area contributed by atoms with Gasteiger partial charge in [-0.1, -0.05) is 43.2 Å². The van der Waals surface area contributed by atoms with E-state index >= 15 is 0 Å². The fourth-order valence-electron chi connectivity index (χ4n) is 2.09. The van der Waals surface area contributed by atoms with E-state index in [-0.39, 0.29) is 6.04 Å². The maximum absolute atomic E-state index is 5.52. The van der Waals surface area contributed by atoms with Crippen LogP contribution in [-0.4, -0.2) is 6.04 Å². The highest BCUT2D eigenvalue weighted by molar-refractivity contribution is 5.22. The summed E-state index contributed by atoms with van der Waals surface area (Å²) in [7, 11) is 0. The number of benzene rings is 1. The molecular formula is C15H19N. The van der Waals surface area contributed by atoms with Gasteiger partial charge in [0.15, 0.2) is 0 Å². The zero-order valence-corrected chi connectivity index (χ0v) is 9.82. The van der Waals surface area contributed by atoms with Gasteiger partial charge in [-0.25, -0.2) is 0 Å². The summed E-state index contributed by atoms with van der Waals surface area (Å²) in [6.45, 7) is 2.13. The van der Waals surface area contributed by atoms with Crippen molar-refractivity contribution in [1.82, 2.24) is 5.32 Å². The predicted octanol–water partition coefficient (Wildman–Crippen LogP) is 3.14. The van der Waals surface area contributed by atoms with Gasteiger partial charge in [0.2, 0.25) is 0 Å². The first-order valence-electron chi connectivity index (χ1n) is 6.12. The monoisotopic (exact) mass is 213 g/mol. The number of hydrogen-bond acceptors (Lipinski definition) is 1. The smallest absolute Gasteiger partial charge is 0.0689 e. The van der Waals surface area contributed by atoms with Gasteiger partial charge in [0.25, 0.3) is 0 Å². The molecule has 0 amide bonds. The van der Waals surface area contributed by atoms with Gasteiger partial charge in [0, 0.05) is 6.04 Å². The highest BCUT2D eigenvalue weighted by Crippen LogP contribution is 2.41. The first kappa shape index (κ1) is 11.2. The molecule has 0 spiro atoms. The van der Waals surface area contributed by atoms with Gasteiger partial charge in [-0.2, -0.15) is 0 Å². The summed E-state index contributed by atoms with van der Waals surface area (Å²) in [6.07, 6.45) is 9.16. The minimum absolute atomic E-state index is 0.200. The molecule has 84 valence electrons. The first-order valence-corrected chi connectivity index (χ1v) is 6.12. The van der Waals surface area contributed by atoms with Crippen LogP contribution in [0.25, 0.3) is 0 Å². The molecule has 0 aliphatic heterocycles. The Morgan fingerprint density at radius 1 is 1.38 bits per heavy atom. The van der Waals surface area contributed by atoms with Crippen LogP contribution >= 0.6 is 0 Å². The van der Waals surface area contributed by atoms with E-state index in [1.54, 1.807) is 0 Å². The highest BCUT2D eigenvalue weighted by Gasteiger charge is 2.32. The summed E-state index contributed by atoms with van der Waals surface area (Å²) in [5, 5.41) is 3.60. The molecular weight excluding hydrogens is 194 g/mol. The van der Waals surface area contributed by atoms with E-state index in [4.69, 9.17) is 6.42 Å². The van der Waals surface area contributed by atoms with E-state index < -0.39 is 0 Å². The van der Waals surface area contributed by atoms with Gasteiger partial charge >= 0.3 is 0 Å². The van der Waals surface area contributed by atoms with Gasteiger partial charge in [-0.3, -0.25) is 5.32 Å². The molecule has 1 fully saturated rings. The van der Waals surface area contributed by atoms with Crippen molar-refractivity contribution >= 4 is 0 Å². The van der Waals surface area contributed by atoms with Crippen molar-refractivity contribution in [2.24, 2.45) is 5.92 Å². The molecule has 1 aromatic rings. The van der Waals surface area contributed by atoms with Crippen LogP contribution in [0.4, 0.5) is 0 Å². The summed E-state index contributed by atoms with van der Waals surface area (Å²) in [6, 6.07) is 11.3. The fourth-order valence-corrected chi connectivity index (χ4v) is 2.09. The lowest BCUT2D eigenvalue weighted by Gasteiger charge is -2.22. The minimum atomic E-state index is 0.200. The molecule has 2 atom stereocenters. The molecule has 1 N–H and O–H groups in total. The lowest BCUT2D eigenvalue weighted by molar-refractivity contribution is 0.442. The van der Waals surface area contributed by atoms with Crippen molar-refractivity contribution in [3.05, 3.63) is 35.9 Å². The summed E-state index contributed by atoms with van der Waals surface area (Å²) in [5.74, 6) is 3.61. The standard InChI is InChI=1S/C15H19N/c1-3-14(4-2)16-15(13-10-11-13)12-8-6-5-7-9-12/h1,5-9,13-16H,4,10-11H2,2H3. The van der Waals surface area contributed by atoms with Gasteiger partial charge in [0.1, 0.15) is 0 Å². The third-order valence-electron chi connectivity index (χ3n) is 3.24. The van der Waals surface area contributed by atoms with Crippen molar-refractivity contribution < 1.29 is 0 Å². The molecule has 0 heterocycles. The van der Waals surface area contributed by atoms with E-state index in [1.807, 2.05) is 0 Å². The number of rotatable bonds is 5. The average molecular weight is 213 g/mol. The zero-order valence-electron chi connectivity index (χ0n) is 9.82. The molecule has 1 heteroatoms. The molecule has 1 saturated carbocycles. The highest BCUT2D eigenvalue weighted by atomic mass is 15.0. The molecule has 2 unspecified atom stereocenters. The van der Waals surface area contributed by atoms with E-state index in [1.165, 1.54) is 18.4 Å². The van der Waals surface area contributed by atoms with E-state index in [0.717, 1.165) is 12.3 Å². The average Bonchev–Trinajstić information content (AvgIpc) is 3.16. The molecule has 0 aromatic heterocycles. The third kappa shape index (κ3) is 2.65. The Hall–Kier alpha value is -1.26. The van der Waals surface area contributed by atoms with Crippen LogP contribution in [0.1, 0.15) is 37.8 Å². The Balaban J connectivity index is 2.09. The summed E-state index contributed by atoms with van der Waals surface area (Å²) < 4.78 is 0. The summed E-state index contributed by atoms with van der Waals surface area (Å²) >= 11 is 0. The predicted molar refractivity (Wildman–Crippen MR) is 68.0 cm³/mol. The topological polar surface area (TPSA) is 12.0 Å². The molecule has 1 nitrogen and oxygen atoms in total. The lowest BCUT2D eigenvalue weighted by Crippen LogP contribution is -2.32. The third-order valence-corrected chi connectivity index (χ3v) is 3.24. The second kappa shape index (κ2) is 5.18. The molecule has 1 aliphatic rings. The van der Waals surface area contributed by atoms with E-state index in [0.29, 0.717) is 6.04 Å². The lowest BCUT2D eigenvalue weighted by atomic mass is 10.0. The number of terminal acetylenes is 1. The van der Waals surface area contributed by atoms with Gasteiger partial charge in [-0.05, 0) is 30.7 Å². The van der Waals surface area contributed by atoms with Crippen LogP contribution in [-0.2, 0) is 0 Å². The van der Waals surface area contributed by atoms with Crippen LogP contribution in [0, 0.1) is 18.3 Å². The Bertz CT molecular complexity index is 359. The largest absolute Gasteiger partial charge is 0.297 e. The van der Waals surface area contributed by atoms with Crippen molar-refractivity contribution in [2.75, 3.05) is 0 Å². The van der Waals surface area contributed by atoms with Crippen molar-refractivity contribution in [3.8, 4) is 12.3 Å². The normalized spacial score (nSPS) is 18.8. The molecule has 1 aromatic carbocycles. The van der Waals surface area contributed by atoms with Crippen molar-refractivity contribution in [1.29, 1.82) is 0 Å². The van der Waals surface area contributed by atoms with Gasteiger partial charge in [0.05, 0.1) is 6.04 Å². The van der Waals surface area contributed by atoms with Gasteiger partial charge < -0.3 is 0 Å². The van der Waals surface area contributed by atoms with Crippen LogP contribution in [0.3, 0.4) is 0 Å². The molecule has 0 saturated heterocycles. The Kier molecular flexibility index (Phi) is 3.64. The number of hydrogen-bond donors (Lipinski definition) is 1. The molecule has 0 bridgehead atoms. The van der Waals surface area contributed by atoms with Crippen LogP contribution in [0.2, 0.25) is 0 Å². The summed E-state index contributed by atoms with van der Waals surface area (Å²) in [5.41, 5.74) is 1.37. The zero-order chi connectivity index (χ0) is 11.4.